The number of amides is 3. The Hall–Kier alpha value is -2.21. The number of nitrogens with zero attached hydrogens (tertiary/aromatic N) is 2. The molecule has 3 amide bonds. The number of hydrogen-bond donors (Lipinski definition) is 3. The smallest absolute Gasteiger partial charge is 0.353 e. The van der Waals surface area contributed by atoms with Crippen molar-refractivity contribution in [1.29, 1.82) is 0 Å². The minimum Gasteiger partial charge on any atom is -0.480 e. The van der Waals surface area contributed by atoms with Gasteiger partial charge in [-0.15, -0.1) is 23.5 Å². The molecule has 3 fully saturated rings. The lowest BCUT2D eigenvalue weighted by Crippen LogP contribution is -2.70. The van der Waals surface area contributed by atoms with Gasteiger partial charge in [0, 0.05) is 16.1 Å². The summed E-state index contributed by atoms with van der Waals surface area (Å²) in [5.41, 5.74) is -0.0548. The number of carboxylic acid groups (broad SMARTS) is 2. The fourth-order valence-electron chi connectivity index (χ4n) is 4.84. The first-order valence-corrected chi connectivity index (χ1v) is 11.8. The van der Waals surface area contributed by atoms with Crippen molar-refractivity contribution in [2.75, 3.05) is 5.75 Å². The highest BCUT2D eigenvalue weighted by Gasteiger charge is 2.64. The van der Waals surface area contributed by atoms with E-state index in [0.29, 0.717) is 17.7 Å². The Morgan fingerprint density at radius 1 is 1.23 bits per heavy atom. The molecule has 0 unspecified atom stereocenters. The van der Waals surface area contributed by atoms with Crippen LogP contribution in [0.4, 0.5) is 0 Å². The van der Waals surface area contributed by atoms with Crippen molar-refractivity contribution in [2.24, 2.45) is 5.92 Å². The third-order valence-electron chi connectivity index (χ3n) is 6.26. The molecule has 0 saturated carbocycles. The van der Waals surface area contributed by atoms with E-state index in [-0.39, 0.29) is 29.3 Å². The summed E-state index contributed by atoms with van der Waals surface area (Å²) >= 11 is 2.40. The number of hydrogen-bond acceptors (Lipinski definition) is 7. The Morgan fingerprint density at radius 2 is 1.90 bits per heavy atom. The van der Waals surface area contributed by atoms with Crippen LogP contribution in [0.3, 0.4) is 0 Å². The zero-order valence-corrected chi connectivity index (χ0v) is 18.8. The molecule has 31 heavy (non-hydrogen) atoms. The van der Waals surface area contributed by atoms with Gasteiger partial charge in [0.2, 0.25) is 17.7 Å². The van der Waals surface area contributed by atoms with Crippen LogP contribution in [0.1, 0.15) is 33.6 Å². The van der Waals surface area contributed by atoms with Gasteiger partial charge in [0.15, 0.2) is 0 Å². The predicted molar refractivity (Wildman–Crippen MR) is 112 cm³/mol. The van der Waals surface area contributed by atoms with E-state index in [1.165, 1.54) is 21.6 Å². The monoisotopic (exact) mass is 469 g/mol. The molecule has 12 heteroatoms. The molecule has 3 saturated heterocycles. The number of nitrogens with one attached hydrogen (secondary N) is 1. The number of carboxylic acids is 2. The second-order valence-electron chi connectivity index (χ2n) is 8.50. The number of fused-ring (bicyclic) bond motifs is 2. The molecule has 0 aromatic carbocycles. The van der Waals surface area contributed by atoms with Gasteiger partial charge < -0.3 is 25.3 Å². The van der Waals surface area contributed by atoms with Gasteiger partial charge in [0.05, 0.1) is 17.7 Å². The number of carbonyl (C=O) groups is 5. The van der Waals surface area contributed by atoms with E-state index in [4.69, 9.17) is 0 Å². The van der Waals surface area contributed by atoms with Gasteiger partial charge in [0.25, 0.3) is 0 Å². The Balaban J connectivity index is 1.38. The molecule has 4 aliphatic rings. The average molecular weight is 470 g/mol. The highest BCUT2D eigenvalue weighted by atomic mass is 32.2. The zero-order valence-electron chi connectivity index (χ0n) is 17.2. The maximum absolute atomic E-state index is 12.5. The quantitative estimate of drug-likeness (QED) is 0.448. The maximum Gasteiger partial charge on any atom is 0.353 e. The van der Waals surface area contributed by atoms with Crippen molar-refractivity contribution in [3.05, 3.63) is 10.6 Å². The summed E-state index contributed by atoms with van der Waals surface area (Å²) in [4.78, 5) is 63.5. The summed E-state index contributed by atoms with van der Waals surface area (Å²) in [5, 5.41) is 21.2. The lowest BCUT2D eigenvalue weighted by atomic mass is 9.85. The van der Waals surface area contributed by atoms with Crippen LogP contribution >= 0.6 is 23.5 Å². The van der Waals surface area contributed by atoms with E-state index in [0.717, 1.165) is 11.8 Å². The molecule has 0 spiro atoms. The summed E-state index contributed by atoms with van der Waals surface area (Å²) in [6.07, 6.45) is 1.05. The first kappa shape index (κ1) is 22.0. The van der Waals surface area contributed by atoms with E-state index in [1.807, 2.05) is 6.92 Å². The number of β-lactam (4-membered cyclic amide) rings is 2. The molecular weight excluding hydrogens is 446 g/mol. The van der Waals surface area contributed by atoms with E-state index < -0.39 is 46.0 Å². The molecule has 0 radical (unpaired) electrons. The molecule has 4 rings (SSSR count). The van der Waals surface area contributed by atoms with Crippen LogP contribution in [0.25, 0.3) is 0 Å². The molecule has 0 aromatic heterocycles. The summed E-state index contributed by atoms with van der Waals surface area (Å²) in [5.74, 6) is -3.62. The predicted octanol–water partition coefficient (Wildman–Crippen LogP) is 0.288. The first-order chi connectivity index (χ1) is 14.5. The zero-order chi connectivity index (χ0) is 22.8. The molecule has 4 heterocycles. The highest BCUT2D eigenvalue weighted by Crippen LogP contribution is 2.51. The summed E-state index contributed by atoms with van der Waals surface area (Å²) < 4.78 is -0.679. The fraction of sp³-hybridized carbons (Fsp3) is 0.632. The third-order valence-corrected chi connectivity index (χ3v) is 8.95. The Kier molecular flexibility index (Phi) is 5.28. The number of aliphatic carboxylic acids is 2. The Bertz CT molecular complexity index is 933. The molecule has 3 N–H and O–H groups in total. The molecule has 5 atom stereocenters. The van der Waals surface area contributed by atoms with Gasteiger partial charge in [-0.05, 0) is 20.3 Å². The first-order valence-electron chi connectivity index (χ1n) is 9.94. The van der Waals surface area contributed by atoms with Crippen molar-refractivity contribution in [3.8, 4) is 0 Å². The van der Waals surface area contributed by atoms with Crippen molar-refractivity contribution >= 4 is 53.2 Å². The van der Waals surface area contributed by atoms with Crippen molar-refractivity contribution in [3.63, 3.8) is 0 Å². The van der Waals surface area contributed by atoms with Crippen LogP contribution in [-0.2, 0) is 24.0 Å². The van der Waals surface area contributed by atoms with Crippen LogP contribution in [0.2, 0.25) is 0 Å². The standard InChI is InChI=1S/C19H23N3O7S2/c1-4-7-8-5-9(12(17(26)27)21(8)14(7)24)30-6-10(23)20-11-15(25)22-13(18(28)29)19(2,3)31-16(11)22/h7-8,11,13,16H,4-6H2,1-3H3,(H,20,23)(H,26,27)(H,28,29)/t7-,8-,11-,13+,16-/m1/s1. The number of rotatable bonds is 7. The fourth-order valence-corrected chi connectivity index (χ4v) is 7.47. The van der Waals surface area contributed by atoms with Gasteiger partial charge in [-0.25, -0.2) is 9.59 Å². The van der Waals surface area contributed by atoms with Crippen LogP contribution < -0.4 is 5.32 Å². The van der Waals surface area contributed by atoms with E-state index in [2.05, 4.69) is 5.32 Å². The Labute approximate surface area is 186 Å². The lowest BCUT2D eigenvalue weighted by molar-refractivity contribution is -0.160. The molecule has 0 aromatic rings. The highest BCUT2D eigenvalue weighted by molar-refractivity contribution is 8.03. The molecule has 168 valence electrons. The van der Waals surface area contributed by atoms with E-state index >= 15 is 0 Å². The van der Waals surface area contributed by atoms with Crippen LogP contribution in [0.15, 0.2) is 10.6 Å². The minimum atomic E-state index is -1.19. The summed E-state index contributed by atoms with van der Waals surface area (Å²) in [6, 6.07) is -1.92. The van der Waals surface area contributed by atoms with Gasteiger partial charge in [0.1, 0.15) is 23.2 Å². The number of thioether (sulfide) groups is 2. The van der Waals surface area contributed by atoms with Crippen molar-refractivity contribution in [1.82, 2.24) is 15.1 Å². The number of carbonyl (C=O) groups excluding carboxylic acids is 3. The maximum atomic E-state index is 12.5. The van der Waals surface area contributed by atoms with Gasteiger partial charge in [-0.3, -0.25) is 14.4 Å². The van der Waals surface area contributed by atoms with E-state index in [9.17, 15) is 34.2 Å². The molecule has 10 nitrogen and oxygen atoms in total. The minimum absolute atomic E-state index is 0.0548. The molecule has 0 bridgehead atoms. The largest absolute Gasteiger partial charge is 0.480 e. The van der Waals surface area contributed by atoms with Gasteiger partial charge >= 0.3 is 11.9 Å². The van der Waals surface area contributed by atoms with Crippen LogP contribution in [0, 0.1) is 5.92 Å². The van der Waals surface area contributed by atoms with Crippen molar-refractivity contribution < 1.29 is 34.2 Å². The van der Waals surface area contributed by atoms with Crippen LogP contribution in [0.5, 0.6) is 0 Å². The second kappa shape index (κ2) is 7.44. The normalized spacial score (nSPS) is 32.9. The molecular formula is C19H23N3O7S2. The van der Waals surface area contributed by atoms with Crippen molar-refractivity contribution in [2.45, 2.75) is 61.9 Å². The lowest BCUT2D eigenvalue weighted by Gasteiger charge is -2.43. The topological polar surface area (TPSA) is 144 Å². The Morgan fingerprint density at radius 3 is 2.48 bits per heavy atom. The molecule has 0 aliphatic carbocycles. The second-order valence-corrected chi connectivity index (χ2v) is 11.3. The summed E-state index contributed by atoms with van der Waals surface area (Å²) in [7, 11) is 0. The summed E-state index contributed by atoms with van der Waals surface area (Å²) in [6.45, 7) is 5.39. The SMILES string of the molecule is CC[C@H]1C(=O)N2C(C(=O)O)=C(SCC(=O)N[C@@H]3C(=O)N4[C@@H]3SC(C)(C)[C@@H]4C(=O)O)C[C@H]12. The van der Waals surface area contributed by atoms with Gasteiger partial charge in [-0.2, -0.15) is 0 Å². The average Bonchev–Trinajstić information content (AvgIpc) is 3.15. The third kappa shape index (κ3) is 3.22. The molecule has 4 aliphatic heterocycles. The van der Waals surface area contributed by atoms with E-state index in [1.54, 1.807) is 13.8 Å². The van der Waals surface area contributed by atoms with Gasteiger partial charge in [-0.1, -0.05) is 6.92 Å². The van der Waals surface area contributed by atoms with Crippen LogP contribution in [-0.4, -0.2) is 83.7 Å².